The Morgan fingerprint density at radius 1 is 1.12 bits per heavy atom. The number of fused-ring (bicyclic) bond motifs is 1. The largest absolute Gasteiger partial charge is 0.478 e. The van der Waals surface area contributed by atoms with Gasteiger partial charge in [0.2, 0.25) is 0 Å². The second-order valence-electron chi connectivity index (χ2n) is 5.14. The normalized spacial score (nSPS) is 10.8. The van der Waals surface area contributed by atoms with Gasteiger partial charge in [-0.3, -0.25) is 4.98 Å². The van der Waals surface area contributed by atoms with E-state index in [0.29, 0.717) is 22.3 Å². The number of rotatable bonds is 3. The molecule has 122 valence electrons. The number of carboxylic acid groups (broad SMARTS) is 1. The fraction of sp³-hybridized carbons (Fsp3) is 0.188. The van der Waals surface area contributed by atoms with E-state index in [-0.39, 0.29) is 22.4 Å². The average molecular weight is 327 g/mol. The summed E-state index contributed by atoms with van der Waals surface area (Å²) in [4.78, 5) is 28.3. The monoisotopic (exact) mass is 327 g/mol. The molecule has 2 heterocycles. The van der Waals surface area contributed by atoms with E-state index in [1.54, 1.807) is 32.0 Å². The van der Waals surface area contributed by atoms with Gasteiger partial charge in [0.05, 0.1) is 29.6 Å². The van der Waals surface area contributed by atoms with Crippen molar-refractivity contribution in [1.29, 1.82) is 0 Å². The van der Waals surface area contributed by atoms with Crippen molar-refractivity contribution in [2.45, 2.75) is 13.8 Å². The van der Waals surface area contributed by atoms with Crippen molar-refractivity contribution in [2.24, 2.45) is 0 Å². The van der Waals surface area contributed by atoms with Crippen LogP contribution < -0.4 is 0 Å². The summed E-state index contributed by atoms with van der Waals surface area (Å²) in [5, 5.41) is 17.2. The van der Waals surface area contributed by atoms with Crippen molar-refractivity contribution >= 4 is 23.0 Å². The zero-order valence-electron chi connectivity index (χ0n) is 13.2. The van der Waals surface area contributed by atoms with Crippen LogP contribution in [0.2, 0.25) is 0 Å². The molecule has 0 fully saturated rings. The van der Waals surface area contributed by atoms with Gasteiger partial charge in [-0.2, -0.15) is 0 Å². The fourth-order valence-corrected chi connectivity index (χ4v) is 2.74. The topological polar surface area (TPSA) is 115 Å². The standard InChI is InChI=1S/C16H13N3O5/c1-7-11(15(20)21)13(12(8(2)17-7)16(22)23-3)9-5-4-6-10-14(9)19-24-18-10/h4-6H,1-3H3,(H,20,21). The number of carboxylic acids is 1. The third-order valence-electron chi connectivity index (χ3n) is 3.72. The minimum atomic E-state index is -1.20. The smallest absolute Gasteiger partial charge is 0.340 e. The second kappa shape index (κ2) is 5.73. The van der Waals surface area contributed by atoms with Gasteiger partial charge >= 0.3 is 11.9 Å². The van der Waals surface area contributed by atoms with Crippen LogP contribution in [0.3, 0.4) is 0 Å². The molecule has 1 N–H and O–H groups in total. The highest BCUT2D eigenvalue weighted by Gasteiger charge is 2.28. The van der Waals surface area contributed by atoms with Crippen LogP contribution in [0.25, 0.3) is 22.2 Å². The molecule has 1 aromatic carbocycles. The van der Waals surface area contributed by atoms with Crippen molar-refractivity contribution in [3.8, 4) is 11.1 Å². The second-order valence-corrected chi connectivity index (χ2v) is 5.14. The van der Waals surface area contributed by atoms with Crippen molar-refractivity contribution in [3.05, 3.63) is 40.7 Å². The number of esters is 1. The van der Waals surface area contributed by atoms with Crippen LogP contribution >= 0.6 is 0 Å². The lowest BCUT2D eigenvalue weighted by Gasteiger charge is -2.15. The van der Waals surface area contributed by atoms with Gasteiger partial charge in [-0.1, -0.05) is 12.1 Å². The first-order chi connectivity index (χ1) is 11.5. The predicted octanol–water partition coefficient (Wildman–Crippen LogP) is 2.39. The lowest BCUT2D eigenvalue weighted by molar-refractivity contribution is 0.0600. The summed E-state index contributed by atoms with van der Waals surface area (Å²) in [6, 6.07) is 5.01. The minimum absolute atomic E-state index is 0.0796. The van der Waals surface area contributed by atoms with Gasteiger partial charge in [-0.15, -0.1) is 0 Å². The van der Waals surface area contributed by atoms with Gasteiger partial charge in [-0.25, -0.2) is 14.2 Å². The molecule has 24 heavy (non-hydrogen) atoms. The molecule has 0 saturated carbocycles. The third kappa shape index (κ3) is 2.28. The first-order valence-corrected chi connectivity index (χ1v) is 7.00. The quantitative estimate of drug-likeness (QED) is 0.729. The molecule has 0 atom stereocenters. The molecule has 0 unspecified atom stereocenters. The van der Waals surface area contributed by atoms with Gasteiger partial charge in [0.15, 0.2) is 0 Å². The molecule has 0 bridgehead atoms. The lowest BCUT2D eigenvalue weighted by Crippen LogP contribution is -2.15. The van der Waals surface area contributed by atoms with E-state index in [4.69, 9.17) is 9.37 Å². The van der Waals surface area contributed by atoms with Crippen LogP contribution in [0.1, 0.15) is 32.1 Å². The molecule has 8 heteroatoms. The third-order valence-corrected chi connectivity index (χ3v) is 3.72. The van der Waals surface area contributed by atoms with Gasteiger partial charge in [0.25, 0.3) is 0 Å². The Balaban J connectivity index is 2.51. The summed E-state index contributed by atoms with van der Waals surface area (Å²) in [5.74, 6) is -1.88. The lowest BCUT2D eigenvalue weighted by atomic mass is 9.91. The molecule has 8 nitrogen and oxygen atoms in total. The molecule has 2 aromatic heterocycles. The van der Waals surface area contributed by atoms with E-state index < -0.39 is 11.9 Å². The zero-order valence-corrected chi connectivity index (χ0v) is 13.2. The highest BCUT2D eigenvalue weighted by molar-refractivity contribution is 6.10. The average Bonchev–Trinajstić information content (AvgIpc) is 3.01. The Kier molecular flexibility index (Phi) is 3.72. The summed E-state index contributed by atoms with van der Waals surface area (Å²) < 4.78 is 9.55. The van der Waals surface area contributed by atoms with Crippen LogP contribution in [-0.2, 0) is 4.74 Å². The number of hydrogen-bond acceptors (Lipinski definition) is 7. The van der Waals surface area contributed by atoms with Crippen molar-refractivity contribution in [1.82, 2.24) is 15.3 Å². The number of aromatic nitrogens is 3. The maximum absolute atomic E-state index is 12.3. The van der Waals surface area contributed by atoms with E-state index in [9.17, 15) is 14.7 Å². The van der Waals surface area contributed by atoms with E-state index in [1.807, 2.05) is 0 Å². The number of nitrogens with zero attached hydrogens (tertiary/aromatic N) is 3. The van der Waals surface area contributed by atoms with Crippen molar-refractivity contribution in [3.63, 3.8) is 0 Å². The van der Waals surface area contributed by atoms with Crippen LogP contribution in [0.5, 0.6) is 0 Å². The van der Waals surface area contributed by atoms with Crippen LogP contribution in [0, 0.1) is 13.8 Å². The number of aryl methyl sites for hydroxylation is 2. The first kappa shape index (κ1) is 15.6. The number of pyridine rings is 1. The first-order valence-electron chi connectivity index (χ1n) is 7.00. The number of aromatic carboxylic acids is 1. The maximum Gasteiger partial charge on any atom is 0.340 e. The van der Waals surface area contributed by atoms with Gasteiger partial charge in [0.1, 0.15) is 11.0 Å². The van der Waals surface area contributed by atoms with Crippen molar-refractivity contribution < 1.29 is 24.1 Å². The number of carbonyl (C=O) groups is 2. The molecule has 3 rings (SSSR count). The number of carbonyl (C=O) groups excluding carboxylic acids is 1. The van der Waals surface area contributed by atoms with Gasteiger partial charge in [-0.05, 0) is 30.2 Å². The summed E-state index contributed by atoms with van der Waals surface area (Å²) in [7, 11) is 1.23. The molecule has 0 spiro atoms. The molecule has 0 aliphatic carbocycles. The summed E-state index contributed by atoms with van der Waals surface area (Å²) in [6.45, 7) is 3.19. The van der Waals surface area contributed by atoms with E-state index in [1.165, 1.54) is 7.11 Å². The number of ether oxygens (including phenoxy) is 1. The summed E-state index contributed by atoms with van der Waals surface area (Å²) in [5.41, 5.74) is 2.07. The molecule has 0 aliphatic heterocycles. The summed E-state index contributed by atoms with van der Waals surface area (Å²) in [6.07, 6.45) is 0. The highest BCUT2D eigenvalue weighted by atomic mass is 16.6. The molecule has 0 amide bonds. The Morgan fingerprint density at radius 3 is 2.50 bits per heavy atom. The Morgan fingerprint density at radius 2 is 1.83 bits per heavy atom. The molecule has 0 saturated heterocycles. The van der Waals surface area contributed by atoms with Crippen LogP contribution in [0.15, 0.2) is 22.8 Å². The zero-order chi connectivity index (χ0) is 17.4. The van der Waals surface area contributed by atoms with Gasteiger partial charge in [0, 0.05) is 11.1 Å². The number of hydrogen-bond donors (Lipinski definition) is 1. The Hall–Kier alpha value is -3.29. The highest BCUT2D eigenvalue weighted by Crippen LogP contribution is 2.35. The SMILES string of the molecule is COC(=O)c1c(C)nc(C)c(C(=O)O)c1-c1cccc2nonc12. The van der Waals surface area contributed by atoms with Crippen LogP contribution in [0.4, 0.5) is 0 Å². The minimum Gasteiger partial charge on any atom is -0.478 e. The maximum atomic E-state index is 12.3. The Labute approximate surface area is 136 Å². The summed E-state index contributed by atoms with van der Waals surface area (Å²) >= 11 is 0. The Bertz CT molecular complexity index is 977. The molecule has 3 aromatic rings. The molecule has 0 radical (unpaired) electrons. The molecule has 0 aliphatic rings. The molecular formula is C16H13N3O5. The van der Waals surface area contributed by atoms with E-state index >= 15 is 0 Å². The van der Waals surface area contributed by atoms with E-state index in [0.717, 1.165) is 0 Å². The molecular weight excluding hydrogens is 314 g/mol. The van der Waals surface area contributed by atoms with Crippen LogP contribution in [-0.4, -0.2) is 39.5 Å². The number of methoxy groups -OCH3 is 1. The van der Waals surface area contributed by atoms with E-state index in [2.05, 4.69) is 15.3 Å². The number of benzene rings is 1. The van der Waals surface area contributed by atoms with Crippen molar-refractivity contribution in [2.75, 3.05) is 7.11 Å². The predicted molar refractivity (Wildman–Crippen MR) is 82.8 cm³/mol. The van der Waals surface area contributed by atoms with Gasteiger partial charge < -0.3 is 9.84 Å². The fourth-order valence-electron chi connectivity index (χ4n) is 2.74.